The number of fused-ring (bicyclic) bond motifs is 1. The molecular weight excluding hydrogens is 488 g/mol. The molecule has 182 valence electrons. The molecule has 35 heavy (non-hydrogen) atoms. The van der Waals surface area contributed by atoms with E-state index in [0.717, 1.165) is 27.8 Å². The third kappa shape index (κ3) is 5.35. The van der Waals surface area contributed by atoms with Gasteiger partial charge in [-0.2, -0.15) is 5.26 Å². The number of sulfonamides is 1. The molecule has 3 aromatic rings. The second-order valence-corrected chi connectivity index (χ2v) is 11.3. The molecule has 0 fully saturated rings. The van der Waals surface area contributed by atoms with E-state index in [9.17, 15) is 18.5 Å². The van der Waals surface area contributed by atoms with Crippen LogP contribution in [0.25, 0.3) is 21.1 Å². The monoisotopic (exact) mass is 512 g/mol. The third-order valence-corrected chi connectivity index (χ3v) is 7.86. The molecule has 2 N–H and O–H groups in total. The zero-order valence-electron chi connectivity index (χ0n) is 19.4. The molecule has 0 saturated heterocycles. The van der Waals surface area contributed by atoms with E-state index in [1.807, 2.05) is 39.0 Å². The Labute approximate surface area is 207 Å². The average molecular weight is 513 g/mol. The number of aromatic nitrogens is 2. The van der Waals surface area contributed by atoms with E-state index in [1.54, 1.807) is 12.1 Å². The largest absolute Gasteiger partial charge is 0.490 e. The van der Waals surface area contributed by atoms with Crippen LogP contribution >= 0.6 is 11.3 Å². The lowest BCUT2D eigenvalue weighted by Crippen LogP contribution is -2.32. The van der Waals surface area contributed by atoms with Gasteiger partial charge in [-0.05, 0) is 68.5 Å². The molecule has 1 aliphatic rings. The first kappa shape index (κ1) is 24.8. The Morgan fingerprint density at radius 1 is 1.29 bits per heavy atom. The molecule has 0 aliphatic heterocycles. The first-order chi connectivity index (χ1) is 16.6. The molecule has 1 aromatic heterocycles. The Morgan fingerprint density at radius 2 is 2.03 bits per heavy atom. The summed E-state index contributed by atoms with van der Waals surface area (Å²) in [7, 11) is -3.96. The molecule has 0 radical (unpaired) electrons. The van der Waals surface area contributed by atoms with Crippen molar-refractivity contribution in [3.8, 4) is 33.0 Å². The van der Waals surface area contributed by atoms with E-state index in [4.69, 9.17) is 9.84 Å². The van der Waals surface area contributed by atoms with Gasteiger partial charge in [-0.1, -0.05) is 23.5 Å². The number of nitrogens with zero attached hydrogens (tertiary/aromatic N) is 3. The van der Waals surface area contributed by atoms with Gasteiger partial charge in [-0.15, -0.1) is 10.2 Å². The summed E-state index contributed by atoms with van der Waals surface area (Å²) < 4.78 is 32.6. The van der Waals surface area contributed by atoms with E-state index in [1.165, 1.54) is 11.3 Å². The first-order valence-electron chi connectivity index (χ1n) is 11.0. The second-order valence-electron chi connectivity index (χ2n) is 8.59. The van der Waals surface area contributed by atoms with Gasteiger partial charge < -0.3 is 9.84 Å². The van der Waals surface area contributed by atoms with Crippen LogP contribution in [0.4, 0.5) is 0 Å². The predicted molar refractivity (Wildman–Crippen MR) is 132 cm³/mol. The van der Waals surface area contributed by atoms with E-state index in [-0.39, 0.29) is 6.10 Å². The number of benzene rings is 2. The number of carboxylic acid groups (broad SMARTS) is 1. The number of rotatable bonds is 8. The SMILES string of the molecule is Cc1ccc2c(c1-c1nnc(-c3ccc(OC(C)C)c(C#N)c3)s1)CCC2NS(=O)(=O)CC(=O)O. The van der Waals surface area contributed by atoms with Gasteiger partial charge in [0.25, 0.3) is 0 Å². The van der Waals surface area contributed by atoms with Gasteiger partial charge in [0.2, 0.25) is 10.0 Å². The minimum absolute atomic E-state index is 0.0540. The van der Waals surface area contributed by atoms with E-state index >= 15 is 0 Å². The molecule has 1 heterocycles. The Kier molecular flexibility index (Phi) is 6.89. The van der Waals surface area contributed by atoms with Gasteiger partial charge in [0, 0.05) is 17.2 Å². The summed E-state index contributed by atoms with van der Waals surface area (Å²) in [6, 6.07) is 10.8. The number of ether oxygens (including phenoxy) is 1. The van der Waals surface area contributed by atoms with Gasteiger partial charge in [0.05, 0.1) is 11.7 Å². The van der Waals surface area contributed by atoms with Gasteiger partial charge in [-0.25, -0.2) is 13.1 Å². The molecule has 1 atom stereocenters. The minimum atomic E-state index is -3.96. The molecule has 0 saturated carbocycles. The molecule has 1 unspecified atom stereocenters. The fraction of sp³-hybridized carbons (Fsp3) is 0.333. The molecule has 4 rings (SSSR count). The van der Waals surface area contributed by atoms with Gasteiger partial charge >= 0.3 is 5.97 Å². The van der Waals surface area contributed by atoms with Crippen LogP contribution in [0.5, 0.6) is 5.75 Å². The summed E-state index contributed by atoms with van der Waals surface area (Å²) in [5, 5.41) is 28.5. The lowest BCUT2D eigenvalue weighted by Gasteiger charge is -2.15. The number of nitrogens with one attached hydrogen (secondary N) is 1. The minimum Gasteiger partial charge on any atom is -0.490 e. The highest BCUT2D eigenvalue weighted by Crippen LogP contribution is 2.42. The van der Waals surface area contributed by atoms with Gasteiger partial charge in [0.1, 0.15) is 21.8 Å². The smallest absolute Gasteiger partial charge is 0.320 e. The van der Waals surface area contributed by atoms with Crippen molar-refractivity contribution in [1.82, 2.24) is 14.9 Å². The number of nitriles is 1. The van der Waals surface area contributed by atoms with Crippen molar-refractivity contribution in [3.63, 3.8) is 0 Å². The standard InChI is InChI=1S/C24H24N4O5S2/c1-13(2)33-20-9-5-15(10-16(20)11-25)23-26-27-24(34-23)22-14(3)4-6-17-18(22)7-8-19(17)28-35(31,32)12-21(29)30/h4-6,9-10,13,19,28H,7-8,12H2,1-3H3,(H,29,30). The van der Waals surface area contributed by atoms with Crippen molar-refractivity contribution in [1.29, 1.82) is 5.26 Å². The van der Waals surface area contributed by atoms with Crippen molar-refractivity contribution in [2.24, 2.45) is 0 Å². The zero-order chi connectivity index (χ0) is 25.3. The number of hydrogen-bond acceptors (Lipinski definition) is 8. The number of carboxylic acids is 1. The Hall–Kier alpha value is -3.33. The summed E-state index contributed by atoms with van der Waals surface area (Å²) in [4.78, 5) is 10.9. The van der Waals surface area contributed by atoms with Crippen molar-refractivity contribution in [2.75, 3.05) is 5.75 Å². The van der Waals surface area contributed by atoms with Crippen LogP contribution in [0.2, 0.25) is 0 Å². The van der Waals surface area contributed by atoms with Crippen LogP contribution in [0.3, 0.4) is 0 Å². The normalized spacial score (nSPS) is 15.1. The maximum atomic E-state index is 12.2. The van der Waals surface area contributed by atoms with Crippen molar-refractivity contribution in [3.05, 3.63) is 52.6 Å². The molecular formula is C24H24N4O5S2. The number of hydrogen-bond donors (Lipinski definition) is 2. The lowest BCUT2D eigenvalue weighted by molar-refractivity contribution is -0.134. The first-order valence-corrected chi connectivity index (χ1v) is 13.4. The fourth-order valence-electron chi connectivity index (χ4n) is 4.21. The third-order valence-electron chi connectivity index (χ3n) is 5.60. The van der Waals surface area contributed by atoms with Crippen molar-refractivity contribution >= 4 is 27.3 Å². The van der Waals surface area contributed by atoms with Crippen LogP contribution < -0.4 is 9.46 Å². The number of aliphatic carboxylic acids is 1. The van der Waals surface area contributed by atoms with Crippen LogP contribution in [0.15, 0.2) is 30.3 Å². The van der Waals surface area contributed by atoms with E-state index in [0.29, 0.717) is 34.2 Å². The molecule has 2 aromatic carbocycles. The summed E-state index contributed by atoms with van der Waals surface area (Å²) in [6.45, 7) is 5.76. The quantitative estimate of drug-likeness (QED) is 0.464. The molecule has 9 nitrogen and oxygen atoms in total. The topological polar surface area (TPSA) is 142 Å². The van der Waals surface area contributed by atoms with E-state index < -0.39 is 27.8 Å². The fourth-order valence-corrected chi connectivity index (χ4v) is 6.27. The summed E-state index contributed by atoms with van der Waals surface area (Å²) >= 11 is 1.39. The maximum absolute atomic E-state index is 12.2. The second kappa shape index (κ2) is 9.73. The lowest BCUT2D eigenvalue weighted by atomic mass is 9.98. The van der Waals surface area contributed by atoms with Crippen LogP contribution in [-0.2, 0) is 21.2 Å². The van der Waals surface area contributed by atoms with Crippen LogP contribution in [-0.4, -0.2) is 41.5 Å². The molecule has 0 spiro atoms. The van der Waals surface area contributed by atoms with Crippen molar-refractivity contribution < 1.29 is 23.1 Å². The Bertz CT molecular complexity index is 1440. The van der Waals surface area contributed by atoms with Crippen LogP contribution in [0.1, 0.15) is 48.6 Å². The zero-order valence-corrected chi connectivity index (χ0v) is 21.0. The maximum Gasteiger partial charge on any atom is 0.320 e. The van der Waals surface area contributed by atoms with Crippen LogP contribution in [0, 0.1) is 18.3 Å². The molecule has 11 heteroatoms. The summed E-state index contributed by atoms with van der Waals surface area (Å²) in [5.41, 5.74) is 4.87. The van der Waals surface area contributed by atoms with Gasteiger partial charge in [-0.3, -0.25) is 4.79 Å². The molecule has 1 aliphatic carbocycles. The summed E-state index contributed by atoms with van der Waals surface area (Å²) in [5.74, 6) is -1.85. The summed E-state index contributed by atoms with van der Waals surface area (Å²) in [6.07, 6.45) is 1.10. The Morgan fingerprint density at radius 3 is 2.71 bits per heavy atom. The van der Waals surface area contributed by atoms with Crippen molar-refractivity contribution in [2.45, 2.75) is 45.8 Å². The highest BCUT2D eigenvalue weighted by molar-refractivity contribution is 7.90. The Balaban J connectivity index is 1.66. The highest BCUT2D eigenvalue weighted by atomic mass is 32.2. The highest BCUT2D eigenvalue weighted by Gasteiger charge is 2.31. The number of aryl methyl sites for hydroxylation is 1. The van der Waals surface area contributed by atoms with E-state index in [2.05, 4.69) is 21.0 Å². The average Bonchev–Trinajstić information content (AvgIpc) is 3.40. The van der Waals surface area contributed by atoms with Gasteiger partial charge in [0.15, 0.2) is 5.75 Å². The predicted octanol–water partition coefficient (Wildman–Crippen LogP) is 3.83. The molecule has 0 amide bonds. The number of carbonyl (C=O) groups is 1. The molecule has 0 bridgehead atoms.